The van der Waals surface area contributed by atoms with Gasteiger partial charge in [0.1, 0.15) is 24.9 Å². The van der Waals surface area contributed by atoms with Crippen molar-refractivity contribution in [1.29, 1.82) is 0 Å². The summed E-state index contributed by atoms with van der Waals surface area (Å²) in [6, 6.07) is 0. The van der Waals surface area contributed by atoms with Crippen molar-refractivity contribution in [3.8, 4) is 11.8 Å². The van der Waals surface area contributed by atoms with Crippen molar-refractivity contribution in [3.63, 3.8) is 0 Å². The summed E-state index contributed by atoms with van der Waals surface area (Å²) in [5.74, 6) is 3.93. The van der Waals surface area contributed by atoms with E-state index in [1.807, 2.05) is 18.4 Å². The van der Waals surface area contributed by atoms with E-state index in [-0.39, 0.29) is 13.0 Å². The van der Waals surface area contributed by atoms with Crippen molar-refractivity contribution in [3.05, 3.63) is 23.6 Å². The van der Waals surface area contributed by atoms with E-state index in [0.717, 1.165) is 5.75 Å². The lowest BCUT2D eigenvalue weighted by atomic mass is 9.91. The first-order valence-corrected chi connectivity index (χ1v) is 16.9. The van der Waals surface area contributed by atoms with E-state index in [4.69, 9.17) is 33.2 Å². The molecule has 1 unspecified atom stereocenters. The third kappa shape index (κ3) is 15.7. The molecular weight excluding hydrogens is 644 g/mol. The Morgan fingerprint density at radius 1 is 0.812 bits per heavy atom. The van der Waals surface area contributed by atoms with Crippen LogP contribution >= 0.6 is 11.8 Å². The van der Waals surface area contributed by atoms with Crippen LogP contribution in [0.5, 0.6) is 0 Å². The summed E-state index contributed by atoms with van der Waals surface area (Å²) in [5.41, 5.74) is -1.54. The van der Waals surface area contributed by atoms with E-state index in [2.05, 4.69) is 11.8 Å². The first-order valence-electron chi connectivity index (χ1n) is 15.8. The van der Waals surface area contributed by atoms with Crippen LogP contribution in [-0.2, 0) is 57.1 Å². The highest BCUT2D eigenvalue weighted by Gasteiger charge is 2.51. The van der Waals surface area contributed by atoms with Crippen LogP contribution in [0.1, 0.15) is 82.1 Å². The minimum Gasteiger partial charge on any atom is -0.461 e. The van der Waals surface area contributed by atoms with Gasteiger partial charge in [-0.3, -0.25) is 24.0 Å². The Morgan fingerprint density at radius 3 is 1.85 bits per heavy atom. The lowest BCUT2D eigenvalue weighted by Gasteiger charge is -2.44. The highest BCUT2D eigenvalue weighted by atomic mass is 32.2. The zero-order chi connectivity index (χ0) is 36.7. The molecular formula is C35H52O12S. The molecule has 1 fully saturated rings. The van der Waals surface area contributed by atoms with Gasteiger partial charge < -0.3 is 33.2 Å². The third-order valence-electron chi connectivity index (χ3n) is 6.53. The second kappa shape index (κ2) is 20.2. The van der Waals surface area contributed by atoms with Crippen molar-refractivity contribution in [2.75, 3.05) is 19.5 Å². The first kappa shape index (κ1) is 42.7. The third-order valence-corrected chi connectivity index (χ3v) is 7.25. The zero-order valence-electron chi connectivity index (χ0n) is 30.0. The molecule has 0 bridgehead atoms. The Morgan fingerprint density at radius 2 is 1.35 bits per heavy atom. The van der Waals surface area contributed by atoms with E-state index < -0.39 is 83.4 Å². The number of esters is 5. The average Bonchev–Trinajstić information content (AvgIpc) is 2.96. The smallest absolute Gasteiger partial charge is 0.311 e. The number of thioether (sulfide) groups is 1. The fourth-order valence-corrected chi connectivity index (χ4v) is 4.62. The summed E-state index contributed by atoms with van der Waals surface area (Å²) < 4.78 is 39.5. The SMILES string of the molecule is CCS/C=C/C[C@H]1O[C@@H](CC#CC(/C=C/[C@@H](COC(=O)C(C)(C)C)OC(=O)C(C)(C)C)OC)[C@H](OC(C)=O)[C@@H](OC(C)=O)[C@@H]1OC(C)=O. The standard InChI is InChI=1S/C35H52O12S/c1-12-48-20-14-17-28-30(44-23(3)37)31(45-24(4)38)29(43-22(2)36)27(47-28)16-13-15-25(41-11)18-19-26(46-33(40)35(8,9)10)21-42-32(39)34(5,6)7/h14,18-20,25-31H,12,16-17,21H2,1-11H3/b19-18+,20-14+/t25?,26-,27-,28+,29-,30+,31+/m0/s1. The molecule has 1 rings (SSSR count). The number of hydrogen-bond acceptors (Lipinski definition) is 13. The molecule has 0 aromatic carbocycles. The number of methoxy groups -OCH3 is 1. The molecule has 12 nitrogen and oxygen atoms in total. The summed E-state index contributed by atoms with van der Waals surface area (Å²) >= 11 is 1.58. The number of carbonyl (C=O) groups excluding carboxylic acids is 5. The highest BCUT2D eigenvalue weighted by Crippen LogP contribution is 2.32. The van der Waals surface area contributed by atoms with E-state index in [0.29, 0.717) is 6.42 Å². The van der Waals surface area contributed by atoms with E-state index in [1.54, 1.807) is 59.4 Å². The molecule has 270 valence electrons. The van der Waals surface area contributed by atoms with Crippen molar-refractivity contribution in [2.24, 2.45) is 10.8 Å². The summed E-state index contributed by atoms with van der Waals surface area (Å²) in [4.78, 5) is 61.3. The summed E-state index contributed by atoms with van der Waals surface area (Å²) in [6.45, 7) is 15.7. The fraction of sp³-hybridized carbons (Fsp3) is 0.686. The molecule has 7 atom stereocenters. The Labute approximate surface area is 288 Å². The van der Waals surface area contributed by atoms with Gasteiger partial charge in [-0.25, -0.2) is 0 Å². The Kier molecular flexibility index (Phi) is 18.0. The number of carbonyl (C=O) groups is 5. The van der Waals surface area contributed by atoms with Gasteiger partial charge in [0.2, 0.25) is 0 Å². The van der Waals surface area contributed by atoms with Crippen LogP contribution in [0.3, 0.4) is 0 Å². The average molecular weight is 697 g/mol. The lowest BCUT2D eigenvalue weighted by molar-refractivity contribution is -0.245. The molecule has 0 saturated carbocycles. The Hall–Kier alpha value is -3.34. The Balaban J connectivity index is 3.35. The minimum atomic E-state index is -1.15. The molecule has 0 radical (unpaired) electrons. The second-order valence-corrected chi connectivity index (χ2v) is 14.3. The van der Waals surface area contributed by atoms with Crippen molar-refractivity contribution in [1.82, 2.24) is 0 Å². The molecule has 1 aliphatic rings. The largest absolute Gasteiger partial charge is 0.461 e. The topological polar surface area (TPSA) is 150 Å². The zero-order valence-corrected chi connectivity index (χ0v) is 30.8. The maximum atomic E-state index is 12.6. The molecule has 0 amide bonds. The van der Waals surface area contributed by atoms with Crippen LogP contribution in [0, 0.1) is 22.7 Å². The summed E-state index contributed by atoms with van der Waals surface area (Å²) in [7, 11) is 1.44. The van der Waals surface area contributed by atoms with Crippen LogP contribution in [0.25, 0.3) is 0 Å². The van der Waals surface area contributed by atoms with Crippen LogP contribution < -0.4 is 0 Å². The van der Waals surface area contributed by atoms with Crippen molar-refractivity contribution >= 4 is 41.6 Å². The molecule has 1 aliphatic heterocycles. The van der Waals surface area contributed by atoms with Gasteiger partial charge in [-0.05, 0) is 71.3 Å². The van der Waals surface area contributed by atoms with Gasteiger partial charge in [0.15, 0.2) is 24.4 Å². The number of hydrogen-bond donors (Lipinski definition) is 0. The molecule has 0 aromatic heterocycles. The lowest BCUT2D eigenvalue weighted by Crippen LogP contribution is -2.61. The summed E-state index contributed by atoms with van der Waals surface area (Å²) in [6.07, 6.45) is -1.31. The predicted molar refractivity (Wildman–Crippen MR) is 179 cm³/mol. The van der Waals surface area contributed by atoms with Gasteiger partial charge in [-0.1, -0.05) is 24.8 Å². The van der Waals surface area contributed by atoms with Crippen LogP contribution in [0.15, 0.2) is 23.6 Å². The van der Waals surface area contributed by atoms with Gasteiger partial charge in [0, 0.05) is 34.3 Å². The van der Waals surface area contributed by atoms with Gasteiger partial charge in [-0.2, -0.15) is 0 Å². The van der Waals surface area contributed by atoms with Gasteiger partial charge >= 0.3 is 29.8 Å². The van der Waals surface area contributed by atoms with E-state index in [9.17, 15) is 24.0 Å². The first-order chi connectivity index (χ1) is 22.3. The van der Waals surface area contributed by atoms with Crippen LogP contribution in [-0.4, -0.2) is 92.0 Å². The Bertz CT molecular complexity index is 1220. The monoisotopic (exact) mass is 696 g/mol. The predicted octanol–water partition coefficient (Wildman–Crippen LogP) is 4.72. The van der Waals surface area contributed by atoms with Crippen LogP contribution in [0.2, 0.25) is 0 Å². The van der Waals surface area contributed by atoms with Gasteiger partial charge in [0.05, 0.1) is 10.8 Å². The molecule has 1 heterocycles. The van der Waals surface area contributed by atoms with Crippen molar-refractivity contribution in [2.45, 2.75) is 125 Å². The second-order valence-electron chi connectivity index (χ2n) is 13.1. The van der Waals surface area contributed by atoms with Gasteiger partial charge in [-0.15, -0.1) is 11.8 Å². The minimum absolute atomic E-state index is 0.0196. The molecule has 0 N–H and O–H groups in total. The maximum Gasteiger partial charge on any atom is 0.311 e. The number of rotatable bonds is 14. The fourth-order valence-electron chi connectivity index (χ4n) is 4.18. The molecule has 1 saturated heterocycles. The maximum absolute atomic E-state index is 12.6. The molecule has 0 spiro atoms. The quantitative estimate of drug-likeness (QED) is 0.107. The molecule has 13 heteroatoms. The van der Waals surface area contributed by atoms with E-state index in [1.165, 1.54) is 34.0 Å². The normalized spacial score (nSPS) is 22.6. The van der Waals surface area contributed by atoms with Crippen LogP contribution in [0.4, 0.5) is 0 Å². The summed E-state index contributed by atoms with van der Waals surface area (Å²) in [5, 5.41) is 1.90. The van der Waals surface area contributed by atoms with Crippen molar-refractivity contribution < 1.29 is 57.1 Å². The van der Waals surface area contributed by atoms with E-state index >= 15 is 0 Å². The number of ether oxygens (including phenoxy) is 7. The highest BCUT2D eigenvalue weighted by molar-refractivity contribution is 8.02. The molecule has 48 heavy (non-hydrogen) atoms. The molecule has 0 aliphatic carbocycles. The van der Waals surface area contributed by atoms with Gasteiger partial charge in [0.25, 0.3) is 0 Å². The molecule has 0 aromatic rings.